The Labute approximate surface area is 150 Å². The Morgan fingerprint density at radius 2 is 1.95 bits per heavy atom. The van der Waals surface area contributed by atoms with Crippen LogP contribution in [0, 0.1) is 0 Å². The third kappa shape index (κ3) is 16.0. The van der Waals surface area contributed by atoms with Gasteiger partial charge in [0.2, 0.25) is 0 Å². The third-order valence-electron chi connectivity index (χ3n) is 2.70. The molecule has 7 heteroatoms. The summed E-state index contributed by atoms with van der Waals surface area (Å²) in [5.74, 6) is 1.93. The number of halogens is 1. The van der Waals surface area contributed by atoms with Crippen molar-refractivity contribution in [3.63, 3.8) is 0 Å². The Morgan fingerprint density at radius 1 is 1.19 bits per heavy atom. The standard InChI is InChI=1S/C14H29N3O2S.HI/c1-4-15-14(17-11-7-8-12-20-3)16-10-6-5-9-13(18)19-2;/h4-12H2,1-3H3,(H2,15,16,17);1H. The van der Waals surface area contributed by atoms with E-state index in [1.807, 2.05) is 11.8 Å². The number of carbonyl (C=O) groups excluding carboxylic acids is 1. The number of hydrogen-bond donors (Lipinski definition) is 2. The molecule has 0 atom stereocenters. The molecule has 5 nitrogen and oxygen atoms in total. The van der Waals surface area contributed by atoms with Crippen molar-refractivity contribution in [1.82, 2.24) is 10.6 Å². The summed E-state index contributed by atoms with van der Waals surface area (Å²) in [5.41, 5.74) is 0. The lowest BCUT2D eigenvalue weighted by Crippen LogP contribution is -2.37. The fraction of sp³-hybridized carbons (Fsp3) is 0.857. The van der Waals surface area contributed by atoms with Gasteiger partial charge in [0.1, 0.15) is 0 Å². The number of esters is 1. The minimum Gasteiger partial charge on any atom is -0.469 e. The van der Waals surface area contributed by atoms with Gasteiger partial charge >= 0.3 is 5.97 Å². The molecule has 2 N–H and O–H groups in total. The van der Waals surface area contributed by atoms with Crippen LogP contribution >= 0.6 is 35.7 Å². The summed E-state index contributed by atoms with van der Waals surface area (Å²) in [6.07, 6.45) is 6.73. The van der Waals surface area contributed by atoms with Gasteiger partial charge in [-0.3, -0.25) is 9.79 Å². The lowest BCUT2D eigenvalue weighted by Gasteiger charge is -2.11. The minimum atomic E-state index is -0.139. The number of rotatable bonds is 11. The number of unbranched alkanes of at least 4 members (excludes halogenated alkanes) is 2. The van der Waals surface area contributed by atoms with E-state index in [9.17, 15) is 4.79 Å². The summed E-state index contributed by atoms with van der Waals surface area (Å²) >= 11 is 1.88. The highest BCUT2D eigenvalue weighted by Crippen LogP contribution is 1.99. The SMILES string of the molecule is CCNC(=NCCCCSC)NCCCCC(=O)OC.I. The minimum absolute atomic E-state index is 0. The molecule has 0 aliphatic rings. The van der Waals surface area contributed by atoms with Gasteiger partial charge in [0.05, 0.1) is 7.11 Å². The van der Waals surface area contributed by atoms with Gasteiger partial charge in [0.25, 0.3) is 0 Å². The maximum Gasteiger partial charge on any atom is 0.305 e. The number of hydrogen-bond acceptors (Lipinski definition) is 4. The van der Waals surface area contributed by atoms with Crippen molar-refractivity contribution in [2.24, 2.45) is 4.99 Å². The number of thioether (sulfide) groups is 1. The zero-order valence-electron chi connectivity index (χ0n) is 13.4. The summed E-state index contributed by atoms with van der Waals surface area (Å²) in [7, 11) is 1.42. The number of methoxy groups -OCH3 is 1. The summed E-state index contributed by atoms with van der Waals surface area (Å²) in [4.78, 5) is 15.5. The fourth-order valence-corrected chi connectivity index (χ4v) is 2.09. The normalized spacial score (nSPS) is 10.7. The van der Waals surface area contributed by atoms with Crippen molar-refractivity contribution in [1.29, 1.82) is 0 Å². The van der Waals surface area contributed by atoms with Crippen molar-refractivity contribution >= 4 is 47.7 Å². The summed E-state index contributed by atoms with van der Waals surface area (Å²) < 4.78 is 4.60. The van der Waals surface area contributed by atoms with Crippen LogP contribution in [0.25, 0.3) is 0 Å². The number of nitrogens with zero attached hydrogens (tertiary/aromatic N) is 1. The molecule has 21 heavy (non-hydrogen) atoms. The molecule has 0 saturated heterocycles. The van der Waals surface area contributed by atoms with Crippen LogP contribution in [0.15, 0.2) is 4.99 Å². The zero-order valence-corrected chi connectivity index (χ0v) is 16.6. The smallest absolute Gasteiger partial charge is 0.305 e. The van der Waals surface area contributed by atoms with Crippen molar-refractivity contribution in [3.8, 4) is 0 Å². The van der Waals surface area contributed by atoms with Crippen LogP contribution in [0.2, 0.25) is 0 Å². The summed E-state index contributed by atoms with van der Waals surface area (Å²) in [5, 5.41) is 6.51. The number of nitrogens with one attached hydrogen (secondary N) is 2. The predicted octanol–water partition coefficient (Wildman–Crippen LogP) is 2.65. The maximum atomic E-state index is 11.0. The maximum absolute atomic E-state index is 11.0. The van der Waals surface area contributed by atoms with Crippen LogP contribution in [0.1, 0.15) is 39.0 Å². The quantitative estimate of drug-likeness (QED) is 0.173. The molecule has 0 saturated carbocycles. The molecule has 0 aromatic carbocycles. The molecular weight excluding hydrogens is 401 g/mol. The fourth-order valence-electron chi connectivity index (χ4n) is 1.59. The van der Waals surface area contributed by atoms with Gasteiger partial charge in [0.15, 0.2) is 5.96 Å². The Bertz CT molecular complexity index is 279. The average molecular weight is 431 g/mol. The van der Waals surface area contributed by atoms with Crippen LogP contribution in [-0.2, 0) is 9.53 Å². The Hall–Kier alpha value is -0.180. The van der Waals surface area contributed by atoms with Gasteiger partial charge in [-0.05, 0) is 44.6 Å². The lowest BCUT2D eigenvalue weighted by atomic mass is 10.2. The van der Waals surface area contributed by atoms with E-state index in [1.54, 1.807) is 0 Å². The second-order valence-electron chi connectivity index (χ2n) is 4.42. The first-order valence-corrected chi connectivity index (χ1v) is 8.71. The summed E-state index contributed by atoms with van der Waals surface area (Å²) in [6.45, 7) is 4.60. The van der Waals surface area contributed by atoms with Gasteiger partial charge in [-0.25, -0.2) is 0 Å². The van der Waals surface area contributed by atoms with Gasteiger partial charge in [-0.15, -0.1) is 24.0 Å². The Balaban J connectivity index is 0. The largest absolute Gasteiger partial charge is 0.469 e. The number of ether oxygens (including phenoxy) is 1. The molecule has 0 rings (SSSR count). The average Bonchev–Trinajstić information content (AvgIpc) is 2.46. The molecule has 0 aromatic rings. The highest BCUT2D eigenvalue weighted by Gasteiger charge is 2.00. The van der Waals surface area contributed by atoms with Gasteiger partial charge in [0, 0.05) is 26.1 Å². The van der Waals surface area contributed by atoms with Crippen LogP contribution in [-0.4, -0.2) is 50.7 Å². The number of carbonyl (C=O) groups is 1. The molecule has 0 bridgehead atoms. The van der Waals surface area contributed by atoms with E-state index in [0.717, 1.165) is 44.9 Å². The van der Waals surface area contributed by atoms with E-state index in [2.05, 4.69) is 33.5 Å². The Morgan fingerprint density at radius 3 is 2.57 bits per heavy atom. The molecule has 0 aliphatic heterocycles. The van der Waals surface area contributed by atoms with Crippen molar-refractivity contribution in [2.75, 3.05) is 38.8 Å². The van der Waals surface area contributed by atoms with Gasteiger partial charge < -0.3 is 15.4 Å². The monoisotopic (exact) mass is 431 g/mol. The van der Waals surface area contributed by atoms with E-state index in [0.29, 0.717) is 6.42 Å². The van der Waals surface area contributed by atoms with E-state index in [1.165, 1.54) is 19.3 Å². The molecule has 0 aromatic heterocycles. The summed E-state index contributed by atoms with van der Waals surface area (Å²) in [6, 6.07) is 0. The van der Waals surface area contributed by atoms with E-state index < -0.39 is 0 Å². The predicted molar refractivity (Wildman–Crippen MR) is 103 cm³/mol. The second kappa shape index (κ2) is 17.9. The third-order valence-corrected chi connectivity index (χ3v) is 3.40. The second-order valence-corrected chi connectivity index (χ2v) is 5.41. The van der Waals surface area contributed by atoms with Crippen LogP contribution in [0.4, 0.5) is 0 Å². The van der Waals surface area contributed by atoms with Crippen LogP contribution in [0.5, 0.6) is 0 Å². The molecule has 0 aliphatic carbocycles. The van der Waals surface area contributed by atoms with Crippen molar-refractivity contribution in [2.45, 2.75) is 39.0 Å². The van der Waals surface area contributed by atoms with E-state index in [4.69, 9.17) is 0 Å². The molecule has 0 radical (unpaired) electrons. The number of aliphatic imine (C=N–C) groups is 1. The molecule has 0 spiro atoms. The first kappa shape index (κ1) is 23.1. The van der Waals surface area contributed by atoms with Crippen molar-refractivity contribution < 1.29 is 9.53 Å². The highest BCUT2D eigenvalue weighted by molar-refractivity contribution is 14.0. The molecular formula is C14H30IN3O2S. The number of guanidine groups is 1. The molecule has 0 fully saturated rings. The van der Waals surface area contributed by atoms with Crippen molar-refractivity contribution in [3.05, 3.63) is 0 Å². The van der Waals surface area contributed by atoms with Crippen LogP contribution < -0.4 is 10.6 Å². The molecule has 0 unspecified atom stereocenters. The zero-order chi connectivity index (χ0) is 15.1. The highest BCUT2D eigenvalue weighted by atomic mass is 127. The first-order chi connectivity index (χ1) is 9.74. The topological polar surface area (TPSA) is 62.7 Å². The van der Waals surface area contributed by atoms with E-state index >= 15 is 0 Å². The van der Waals surface area contributed by atoms with Crippen LogP contribution in [0.3, 0.4) is 0 Å². The van der Waals surface area contributed by atoms with E-state index in [-0.39, 0.29) is 29.9 Å². The molecule has 126 valence electrons. The Kier molecular flexibility index (Phi) is 19.7. The first-order valence-electron chi connectivity index (χ1n) is 7.32. The van der Waals surface area contributed by atoms with Gasteiger partial charge in [-0.1, -0.05) is 0 Å². The lowest BCUT2D eigenvalue weighted by molar-refractivity contribution is -0.140. The van der Waals surface area contributed by atoms with Gasteiger partial charge in [-0.2, -0.15) is 11.8 Å². The molecule has 0 amide bonds. The molecule has 0 heterocycles.